The van der Waals surface area contributed by atoms with E-state index in [9.17, 15) is 10.1 Å². The molecule has 7 heteroatoms. The number of hydrogen-bond donors (Lipinski definition) is 0. The molecule has 0 amide bonds. The Kier molecular flexibility index (Phi) is 3.91. The lowest BCUT2D eigenvalue weighted by Gasteiger charge is -2.07. The van der Waals surface area contributed by atoms with Crippen LogP contribution < -0.4 is 5.49 Å². The van der Waals surface area contributed by atoms with Crippen LogP contribution >= 0.6 is 11.6 Å². The lowest BCUT2D eigenvalue weighted by molar-refractivity contribution is -0.490. The molecule has 0 bridgehead atoms. The Morgan fingerprint density at radius 2 is 2.21 bits per heavy atom. The molecule has 0 N–H and O–H groups in total. The second kappa shape index (κ2) is 5.62. The summed E-state index contributed by atoms with van der Waals surface area (Å²) >= 11 is 5.71. The number of aryl methyl sites for hydroxylation is 1. The third kappa shape index (κ3) is 3.62. The maximum Gasteiger partial charge on any atom is 0.207 e. The van der Waals surface area contributed by atoms with Crippen LogP contribution in [0.15, 0.2) is 41.8 Å². The first-order valence-electron chi connectivity index (χ1n) is 5.51. The highest BCUT2D eigenvalue weighted by Gasteiger charge is 2.01. The third-order valence-corrected chi connectivity index (χ3v) is 2.70. The van der Waals surface area contributed by atoms with Crippen LogP contribution in [0.5, 0.6) is 0 Å². The van der Waals surface area contributed by atoms with E-state index in [2.05, 4.69) is 10.1 Å². The Morgan fingerprint density at radius 3 is 2.84 bits per heavy atom. The SMILES string of the molecule is Cc1ccc(=N[N+](=O)[O-])n(Cc2ccc(Cl)nc2)c1. The maximum absolute atomic E-state index is 10.5. The predicted octanol–water partition coefficient (Wildman–Crippen LogP) is 1.99. The molecule has 0 aliphatic heterocycles. The zero-order chi connectivity index (χ0) is 13.8. The molecule has 98 valence electrons. The standard InChI is InChI=1S/C12H11ClN4O2/c1-9-2-5-12(15-17(18)19)16(7-9)8-10-3-4-11(13)14-6-10/h2-7H,8H2,1H3. The lowest BCUT2D eigenvalue weighted by atomic mass is 10.2. The summed E-state index contributed by atoms with van der Waals surface area (Å²) in [7, 11) is 0. The average Bonchev–Trinajstić information content (AvgIpc) is 2.35. The van der Waals surface area contributed by atoms with Gasteiger partial charge in [0.2, 0.25) is 5.49 Å². The van der Waals surface area contributed by atoms with Crippen molar-refractivity contribution in [2.75, 3.05) is 0 Å². The summed E-state index contributed by atoms with van der Waals surface area (Å²) in [5.74, 6) is 0. The van der Waals surface area contributed by atoms with E-state index in [-0.39, 0.29) is 5.49 Å². The number of nitrogens with zero attached hydrogens (tertiary/aromatic N) is 4. The molecule has 0 spiro atoms. The molecule has 6 nitrogen and oxygen atoms in total. The van der Waals surface area contributed by atoms with Crippen molar-refractivity contribution in [2.45, 2.75) is 13.5 Å². The number of halogens is 1. The third-order valence-electron chi connectivity index (χ3n) is 2.47. The van der Waals surface area contributed by atoms with E-state index < -0.39 is 5.03 Å². The van der Waals surface area contributed by atoms with Gasteiger partial charge in [0.15, 0.2) is 5.03 Å². The van der Waals surface area contributed by atoms with Crippen LogP contribution in [0.4, 0.5) is 0 Å². The van der Waals surface area contributed by atoms with Crippen molar-refractivity contribution < 1.29 is 5.03 Å². The topological polar surface area (TPSA) is 73.3 Å². The van der Waals surface area contributed by atoms with Gasteiger partial charge in [-0.3, -0.25) is 0 Å². The van der Waals surface area contributed by atoms with E-state index in [0.29, 0.717) is 11.7 Å². The van der Waals surface area contributed by atoms with Crippen LogP contribution in [0.25, 0.3) is 0 Å². The van der Waals surface area contributed by atoms with Crippen LogP contribution in [0, 0.1) is 17.0 Å². The number of rotatable bonds is 3. The van der Waals surface area contributed by atoms with E-state index in [1.165, 1.54) is 0 Å². The molecule has 0 unspecified atom stereocenters. The highest BCUT2D eigenvalue weighted by Crippen LogP contribution is 2.06. The summed E-state index contributed by atoms with van der Waals surface area (Å²) in [4.78, 5) is 14.5. The maximum atomic E-state index is 10.5. The molecule has 0 saturated carbocycles. The smallest absolute Gasteiger partial charge is 0.207 e. The molecule has 0 radical (unpaired) electrons. The van der Waals surface area contributed by atoms with Gasteiger partial charge in [0.25, 0.3) is 0 Å². The highest BCUT2D eigenvalue weighted by atomic mass is 35.5. The van der Waals surface area contributed by atoms with Gasteiger partial charge in [-0.15, -0.1) is 0 Å². The molecule has 0 aromatic carbocycles. The van der Waals surface area contributed by atoms with Crippen LogP contribution in [0.3, 0.4) is 0 Å². The van der Waals surface area contributed by atoms with Crippen LogP contribution in [0.1, 0.15) is 11.1 Å². The average molecular weight is 279 g/mol. The zero-order valence-corrected chi connectivity index (χ0v) is 10.9. The van der Waals surface area contributed by atoms with Crippen molar-refractivity contribution in [3.05, 3.63) is 68.5 Å². The van der Waals surface area contributed by atoms with Crippen LogP contribution in [-0.4, -0.2) is 14.6 Å². The van der Waals surface area contributed by atoms with Crippen LogP contribution in [0.2, 0.25) is 5.15 Å². The molecular weight excluding hydrogens is 268 g/mol. The summed E-state index contributed by atoms with van der Waals surface area (Å²) < 4.78 is 1.70. The van der Waals surface area contributed by atoms with Crippen molar-refractivity contribution in [1.82, 2.24) is 9.55 Å². The van der Waals surface area contributed by atoms with E-state index >= 15 is 0 Å². The molecule has 0 aliphatic carbocycles. The first-order valence-corrected chi connectivity index (χ1v) is 5.89. The van der Waals surface area contributed by atoms with Crippen molar-refractivity contribution in [2.24, 2.45) is 5.10 Å². The predicted molar refractivity (Wildman–Crippen MR) is 70.1 cm³/mol. The largest absolute Gasteiger partial charge is 0.323 e. The summed E-state index contributed by atoms with van der Waals surface area (Å²) in [5.41, 5.74) is 2.16. The number of hydrogen-bond acceptors (Lipinski definition) is 3. The number of pyridine rings is 2. The quantitative estimate of drug-likeness (QED) is 0.489. The van der Waals surface area contributed by atoms with E-state index in [1.807, 2.05) is 13.0 Å². The summed E-state index contributed by atoms with van der Waals surface area (Å²) in [6.45, 7) is 2.35. The summed E-state index contributed by atoms with van der Waals surface area (Å²) in [6.07, 6.45) is 3.44. The zero-order valence-electron chi connectivity index (χ0n) is 10.2. The Balaban J connectivity index is 2.41. The molecule has 2 rings (SSSR count). The van der Waals surface area contributed by atoms with Crippen molar-refractivity contribution >= 4 is 11.6 Å². The second-order valence-corrected chi connectivity index (χ2v) is 4.41. The van der Waals surface area contributed by atoms with E-state index in [4.69, 9.17) is 11.6 Å². The molecule has 2 aromatic heterocycles. The van der Waals surface area contributed by atoms with Gasteiger partial charge < -0.3 is 4.57 Å². The minimum atomic E-state index is -0.707. The molecule has 2 heterocycles. The number of nitro groups is 1. The van der Waals surface area contributed by atoms with Gasteiger partial charge in [0.1, 0.15) is 5.15 Å². The molecule has 2 aromatic rings. The Bertz CT molecular complexity index is 664. The van der Waals surface area contributed by atoms with Crippen molar-refractivity contribution in [3.8, 4) is 0 Å². The normalized spacial score (nSPS) is 11.6. The van der Waals surface area contributed by atoms with Gasteiger partial charge in [-0.25, -0.2) is 15.1 Å². The van der Waals surface area contributed by atoms with E-state index in [1.54, 1.807) is 35.2 Å². The number of aromatic nitrogens is 2. The molecular formula is C12H11ClN4O2. The first-order chi connectivity index (χ1) is 9.04. The van der Waals surface area contributed by atoms with Gasteiger partial charge in [0, 0.05) is 12.4 Å². The van der Waals surface area contributed by atoms with Crippen molar-refractivity contribution in [1.29, 1.82) is 0 Å². The molecule has 0 aliphatic rings. The van der Waals surface area contributed by atoms with Crippen molar-refractivity contribution in [3.63, 3.8) is 0 Å². The van der Waals surface area contributed by atoms with Gasteiger partial charge in [-0.2, -0.15) is 0 Å². The minimum absolute atomic E-state index is 0.283. The van der Waals surface area contributed by atoms with Gasteiger partial charge in [0.05, 0.1) is 11.6 Å². The Labute approximate surface area is 114 Å². The fraction of sp³-hybridized carbons (Fsp3) is 0.167. The molecule has 0 fully saturated rings. The minimum Gasteiger partial charge on any atom is -0.323 e. The lowest BCUT2D eigenvalue weighted by Crippen LogP contribution is -2.22. The van der Waals surface area contributed by atoms with Crippen LogP contribution in [-0.2, 0) is 6.54 Å². The second-order valence-electron chi connectivity index (χ2n) is 4.02. The van der Waals surface area contributed by atoms with Gasteiger partial charge in [-0.1, -0.05) is 23.7 Å². The monoisotopic (exact) mass is 278 g/mol. The fourth-order valence-corrected chi connectivity index (χ4v) is 1.77. The molecule has 0 atom stereocenters. The highest BCUT2D eigenvalue weighted by molar-refractivity contribution is 6.29. The van der Waals surface area contributed by atoms with Gasteiger partial charge >= 0.3 is 0 Å². The molecule has 0 saturated heterocycles. The summed E-state index contributed by atoms with van der Waals surface area (Å²) in [5, 5.41) is 13.6. The molecule has 19 heavy (non-hydrogen) atoms. The summed E-state index contributed by atoms with van der Waals surface area (Å²) in [6, 6.07) is 6.89. The Hall–Kier alpha value is -2.21. The van der Waals surface area contributed by atoms with Gasteiger partial charge in [-0.05, 0) is 30.2 Å². The van der Waals surface area contributed by atoms with E-state index in [0.717, 1.165) is 11.1 Å². The fourth-order valence-electron chi connectivity index (χ4n) is 1.65. The Morgan fingerprint density at radius 1 is 1.42 bits per heavy atom. The first kappa shape index (κ1) is 13.2.